The molecular formula is C11H20O9S. The zero-order valence-corrected chi connectivity index (χ0v) is 12.5. The van der Waals surface area contributed by atoms with Crippen molar-refractivity contribution in [3.8, 4) is 0 Å². The van der Waals surface area contributed by atoms with Crippen molar-refractivity contribution in [1.82, 2.24) is 0 Å². The van der Waals surface area contributed by atoms with Crippen LogP contribution in [0.1, 0.15) is 32.6 Å². The molecule has 1 aliphatic heterocycles. The fourth-order valence-electron chi connectivity index (χ4n) is 1.65. The topological polar surface area (TPSA) is 129 Å². The van der Waals surface area contributed by atoms with Gasteiger partial charge in [-0.05, 0) is 12.8 Å². The van der Waals surface area contributed by atoms with Crippen LogP contribution in [0.5, 0.6) is 0 Å². The van der Waals surface area contributed by atoms with E-state index in [1.54, 1.807) is 0 Å². The van der Waals surface area contributed by atoms with E-state index >= 15 is 0 Å². The molecule has 2 N–H and O–H groups in total. The average molecular weight is 328 g/mol. The summed E-state index contributed by atoms with van der Waals surface area (Å²) < 4.78 is 39.3. The van der Waals surface area contributed by atoms with E-state index in [1.165, 1.54) is 0 Å². The molecule has 21 heavy (non-hydrogen) atoms. The molecule has 1 atom stereocenters. The Balaban J connectivity index is 2.48. The van der Waals surface area contributed by atoms with Gasteiger partial charge in [0.25, 0.3) is 0 Å². The van der Waals surface area contributed by atoms with Crippen LogP contribution in [-0.2, 0) is 33.0 Å². The van der Waals surface area contributed by atoms with Crippen molar-refractivity contribution in [1.29, 1.82) is 0 Å². The first-order valence-electron chi connectivity index (χ1n) is 6.61. The zero-order chi connectivity index (χ0) is 15.9. The minimum atomic E-state index is -4.33. The SMILES string of the molecule is CCCCCC(COCCO)OC(=O)C1(O)OS(=O)(=O)O1. The molecule has 1 aliphatic rings. The van der Waals surface area contributed by atoms with Gasteiger partial charge in [-0.25, -0.2) is 4.79 Å². The van der Waals surface area contributed by atoms with Gasteiger partial charge in [0.15, 0.2) is 0 Å². The molecule has 1 rings (SSSR count). The largest absolute Gasteiger partial charge is 0.454 e. The van der Waals surface area contributed by atoms with Crippen molar-refractivity contribution in [2.75, 3.05) is 19.8 Å². The van der Waals surface area contributed by atoms with Crippen LogP contribution in [-0.4, -0.2) is 56.5 Å². The third-order valence-electron chi connectivity index (χ3n) is 2.63. The van der Waals surface area contributed by atoms with Crippen molar-refractivity contribution in [3.63, 3.8) is 0 Å². The first-order chi connectivity index (χ1) is 9.83. The lowest BCUT2D eigenvalue weighted by Crippen LogP contribution is -2.57. The maximum Gasteiger partial charge on any atom is 0.416 e. The molecule has 0 bridgehead atoms. The van der Waals surface area contributed by atoms with Gasteiger partial charge in [-0.2, -0.15) is 16.8 Å². The van der Waals surface area contributed by atoms with Gasteiger partial charge in [-0.3, -0.25) is 0 Å². The van der Waals surface area contributed by atoms with E-state index in [2.05, 4.69) is 8.37 Å². The number of carbonyl (C=O) groups is 1. The number of aliphatic hydroxyl groups excluding tert-OH is 1. The molecule has 0 amide bonds. The summed E-state index contributed by atoms with van der Waals surface area (Å²) in [7, 11) is -4.33. The van der Waals surface area contributed by atoms with E-state index < -0.39 is 28.4 Å². The Bertz CT molecular complexity index is 411. The van der Waals surface area contributed by atoms with Gasteiger partial charge in [0.05, 0.1) is 19.8 Å². The monoisotopic (exact) mass is 328 g/mol. The van der Waals surface area contributed by atoms with Crippen LogP contribution in [0.25, 0.3) is 0 Å². The third-order valence-corrected chi connectivity index (χ3v) is 3.49. The quantitative estimate of drug-likeness (QED) is 0.400. The van der Waals surface area contributed by atoms with Crippen LogP contribution in [0.15, 0.2) is 0 Å². The highest BCUT2D eigenvalue weighted by Crippen LogP contribution is 2.30. The smallest absolute Gasteiger partial charge is 0.416 e. The fourth-order valence-corrected chi connectivity index (χ4v) is 2.36. The molecule has 0 radical (unpaired) electrons. The molecule has 10 heteroatoms. The summed E-state index contributed by atoms with van der Waals surface area (Å²) in [5.41, 5.74) is 0. The van der Waals surface area contributed by atoms with E-state index in [0.717, 1.165) is 19.3 Å². The van der Waals surface area contributed by atoms with Crippen molar-refractivity contribution in [2.24, 2.45) is 0 Å². The van der Waals surface area contributed by atoms with Crippen molar-refractivity contribution >= 4 is 16.4 Å². The second-order valence-corrected chi connectivity index (χ2v) is 5.63. The second-order valence-electron chi connectivity index (χ2n) is 4.48. The maximum atomic E-state index is 11.6. The van der Waals surface area contributed by atoms with E-state index in [1.807, 2.05) is 6.92 Å². The molecule has 1 fully saturated rings. The first-order valence-corrected chi connectivity index (χ1v) is 7.94. The van der Waals surface area contributed by atoms with E-state index in [-0.39, 0.29) is 19.8 Å². The second kappa shape index (κ2) is 8.01. The van der Waals surface area contributed by atoms with Crippen LogP contribution in [0.2, 0.25) is 0 Å². The minimum Gasteiger partial charge on any atom is -0.454 e. The standard InChI is InChI=1S/C11H20O9S/c1-2-3-4-5-9(8-17-7-6-12)18-10(13)11(14)19-21(15,16)20-11/h9,12,14H,2-8H2,1H3. The number of esters is 1. The molecule has 0 spiro atoms. The number of unbranched alkanes of at least 4 members (excludes halogenated alkanes) is 2. The number of hydrogen-bond acceptors (Lipinski definition) is 9. The van der Waals surface area contributed by atoms with E-state index in [0.29, 0.717) is 6.42 Å². The van der Waals surface area contributed by atoms with Crippen LogP contribution in [0.4, 0.5) is 0 Å². The highest BCUT2D eigenvalue weighted by Gasteiger charge is 2.59. The molecule has 9 nitrogen and oxygen atoms in total. The fraction of sp³-hybridized carbons (Fsp3) is 0.909. The molecule has 0 aromatic rings. The van der Waals surface area contributed by atoms with E-state index in [4.69, 9.17) is 14.6 Å². The molecular weight excluding hydrogens is 308 g/mol. The molecule has 124 valence electrons. The zero-order valence-electron chi connectivity index (χ0n) is 11.7. The lowest BCUT2D eigenvalue weighted by molar-refractivity contribution is -0.318. The Morgan fingerprint density at radius 2 is 2.00 bits per heavy atom. The third kappa shape index (κ3) is 5.85. The molecule has 0 aromatic carbocycles. The Kier molecular flexibility index (Phi) is 6.97. The number of hydrogen-bond donors (Lipinski definition) is 2. The average Bonchev–Trinajstić information content (AvgIpc) is 2.36. The normalized spacial score (nSPS) is 20.5. The molecule has 0 aliphatic carbocycles. The van der Waals surface area contributed by atoms with Crippen molar-refractivity contribution < 1.29 is 41.3 Å². The van der Waals surface area contributed by atoms with Gasteiger partial charge >= 0.3 is 22.3 Å². The first kappa shape index (κ1) is 18.3. The summed E-state index contributed by atoms with van der Waals surface area (Å²) in [5, 5.41) is 18.1. The van der Waals surface area contributed by atoms with Gasteiger partial charge in [-0.15, -0.1) is 0 Å². The Morgan fingerprint density at radius 3 is 2.52 bits per heavy atom. The maximum absolute atomic E-state index is 11.6. The summed E-state index contributed by atoms with van der Waals surface area (Å²) in [6.45, 7) is 1.92. The van der Waals surface area contributed by atoms with Crippen LogP contribution in [0, 0.1) is 0 Å². The molecule has 1 heterocycles. The highest BCUT2D eigenvalue weighted by atomic mass is 32.3. The number of ether oxygens (including phenoxy) is 2. The van der Waals surface area contributed by atoms with Gasteiger partial charge < -0.3 is 19.7 Å². The lowest BCUT2D eigenvalue weighted by atomic mass is 10.1. The van der Waals surface area contributed by atoms with Gasteiger partial charge in [0.2, 0.25) is 0 Å². The number of aliphatic hydroxyl groups is 2. The van der Waals surface area contributed by atoms with Crippen molar-refractivity contribution in [2.45, 2.75) is 44.7 Å². The number of rotatable bonds is 10. The summed E-state index contributed by atoms with van der Waals surface area (Å²) in [4.78, 5) is 11.6. The summed E-state index contributed by atoms with van der Waals surface area (Å²) in [6, 6.07) is 0. The van der Waals surface area contributed by atoms with Gasteiger partial charge in [0, 0.05) is 0 Å². The molecule has 0 aromatic heterocycles. The summed E-state index contributed by atoms with van der Waals surface area (Å²) in [5.74, 6) is -4.27. The summed E-state index contributed by atoms with van der Waals surface area (Å²) in [6.07, 6.45) is 2.41. The lowest BCUT2D eigenvalue weighted by Gasteiger charge is -2.32. The summed E-state index contributed by atoms with van der Waals surface area (Å²) >= 11 is 0. The molecule has 1 saturated heterocycles. The highest BCUT2D eigenvalue weighted by molar-refractivity contribution is 7.82. The Labute approximate surface area is 123 Å². The Morgan fingerprint density at radius 1 is 1.33 bits per heavy atom. The predicted molar refractivity (Wildman–Crippen MR) is 68.0 cm³/mol. The van der Waals surface area contributed by atoms with E-state index in [9.17, 15) is 18.3 Å². The predicted octanol–water partition coefficient (Wildman–Crippen LogP) is -0.575. The minimum absolute atomic E-state index is 0.0127. The van der Waals surface area contributed by atoms with Crippen LogP contribution >= 0.6 is 0 Å². The number of carbonyl (C=O) groups excluding carboxylic acids is 1. The molecule has 0 saturated carbocycles. The molecule has 1 unspecified atom stereocenters. The van der Waals surface area contributed by atoms with Gasteiger partial charge in [0.1, 0.15) is 6.10 Å². The van der Waals surface area contributed by atoms with Crippen molar-refractivity contribution in [3.05, 3.63) is 0 Å². The Hall–Kier alpha value is -0.780. The van der Waals surface area contributed by atoms with Crippen LogP contribution in [0.3, 0.4) is 0 Å². The van der Waals surface area contributed by atoms with Crippen LogP contribution < -0.4 is 0 Å². The van der Waals surface area contributed by atoms with Gasteiger partial charge in [-0.1, -0.05) is 19.8 Å².